The molecule has 2 N–H and O–H groups in total. The second-order valence-electron chi connectivity index (χ2n) is 8.21. The Balaban J connectivity index is 3.40. The van der Waals surface area contributed by atoms with Crippen LogP contribution in [0.3, 0.4) is 0 Å². The molecule has 0 aromatic carbocycles. The van der Waals surface area contributed by atoms with Crippen molar-refractivity contribution in [1.29, 1.82) is 0 Å². The smallest absolute Gasteiger partial charge is 0.106 e. The molecule has 0 bridgehead atoms. The van der Waals surface area contributed by atoms with Crippen LogP contribution in [-0.4, -0.2) is 35.6 Å². The van der Waals surface area contributed by atoms with Gasteiger partial charge < -0.3 is 14.9 Å². The second kappa shape index (κ2) is 22.9. The minimum absolute atomic E-state index is 0.0999. The third-order valence-corrected chi connectivity index (χ3v) is 5.48. The molecule has 1 unspecified atom stereocenters. The van der Waals surface area contributed by atoms with E-state index < -0.39 is 12.2 Å². The van der Waals surface area contributed by atoms with Crippen LogP contribution in [0.1, 0.15) is 123 Å². The highest BCUT2D eigenvalue weighted by Gasteiger charge is 2.18. The molecule has 0 amide bonds. The zero-order valence-corrected chi connectivity index (χ0v) is 19.0. The number of aliphatic hydroxyl groups excluding tert-OH is 2. The van der Waals surface area contributed by atoms with E-state index in [4.69, 9.17) is 4.74 Å². The van der Waals surface area contributed by atoms with Gasteiger partial charge in [0.05, 0.1) is 19.3 Å². The number of hydrogen-bond acceptors (Lipinski definition) is 3. The predicted molar refractivity (Wildman–Crippen MR) is 122 cm³/mol. The first-order valence-corrected chi connectivity index (χ1v) is 12.3. The van der Waals surface area contributed by atoms with E-state index in [0.717, 1.165) is 25.7 Å². The highest BCUT2D eigenvalue weighted by Crippen LogP contribution is 2.15. The Morgan fingerprint density at radius 1 is 0.714 bits per heavy atom. The van der Waals surface area contributed by atoms with Crippen LogP contribution in [0.4, 0.5) is 0 Å². The van der Waals surface area contributed by atoms with E-state index >= 15 is 0 Å². The maximum absolute atomic E-state index is 10.2. The van der Waals surface area contributed by atoms with Crippen molar-refractivity contribution in [2.45, 2.75) is 135 Å². The van der Waals surface area contributed by atoms with Gasteiger partial charge in [-0.2, -0.15) is 0 Å². The first-order valence-electron chi connectivity index (χ1n) is 12.3. The number of hydrogen-bond donors (Lipinski definition) is 2. The fraction of sp³-hybridized carbons (Fsp3) is 0.920. The van der Waals surface area contributed by atoms with Crippen LogP contribution in [0.25, 0.3) is 0 Å². The van der Waals surface area contributed by atoms with Gasteiger partial charge in [0, 0.05) is 0 Å². The van der Waals surface area contributed by atoms with Crippen LogP contribution in [-0.2, 0) is 4.74 Å². The first-order chi connectivity index (χ1) is 13.8. The summed E-state index contributed by atoms with van der Waals surface area (Å²) in [5.74, 6) is 0. The molecule has 0 spiro atoms. The number of ether oxygens (including phenoxy) is 1. The summed E-state index contributed by atoms with van der Waals surface area (Å²) in [6.45, 7) is 4.85. The summed E-state index contributed by atoms with van der Waals surface area (Å²) in [5.41, 5.74) is 0. The quantitative estimate of drug-likeness (QED) is 0.153. The molecule has 28 heavy (non-hydrogen) atoms. The summed E-state index contributed by atoms with van der Waals surface area (Å²) in [4.78, 5) is 0. The molecule has 0 radical (unpaired) electrons. The van der Waals surface area contributed by atoms with Crippen LogP contribution < -0.4 is 0 Å². The summed E-state index contributed by atoms with van der Waals surface area (Å²) >= 11 is 0. The van der Waals surface area contributed by atoms with Crippen LogP contribution >= 0.6 is 0 Å². The van der Waals surface area contributed by atoms with Gasteiger partial charge in [0.2, 0.25) is 0 Å². The molecule has 0 aliphatic heterocycles. The van der Waals surface area contributed by atoms with Crippen molar-refractivity contribution in [2.75, 3.05) is 13.2 Å². The van der Waals surface area contributed by atoms with Gasteiger partial charge in [0.25, 0.3) is 0 Å². The van der Waals surface area contributed by atoms with Crippen LogP contribution in [0.2, 0.25) is 0 Å². The molecule has 0 aliphatic carbocycles. The second-order valence-corrected chi connectivity index (χ2v) is 8.21. The van der Waals surface area contributed by atoms with E-state index in [9.17, 15) is 10.2 Å². The van der Waals surface area contributed by atoms with Crippen molar-refractivity contribution in [3.8, 4) is 0 Å². The fourth-order valence-corrected chi connectivity index (χ4v) is 3.59. The van der Waals surface area contributed by atoms with Gasteiger partial charge in [-0.3, -0.25) is 0 Å². The van der Waals surface area contributed by atoms with Crippen molar-refractivity contribution in [3.05, 3.63) is 12.2 Å². The summed E-state index contributed by atoms with van der Waals surface area (Å²) in [7, 11) is 0. The van der Waals surface area contributed by atoms with Gasteiger partial charge in [-0.15, -0.1) is 0 Å². The average molecular weight is 399 g/mol. The zero-order valence-electron chi connectivity index (χ0n) is 19.0. The van der Waals surface area contributed by atoms with Crippen LogP contribution in [0.5, 0.6) is 0 Å². The molecular formula is C25H50O3. The number of allylic oxidation sites excluding steroid dienone is 1. The number of unbranched alkanes of at least 4 members (excludes halogenated alkanes) is 13. The molecule has 0 heterocycles. The average Bonchev–Trinajstić information content (AvgIpc) is 2.70. The molecule has 0 saturated heterocycles. The van der Waals surface area contributed by atoms with E-state index in [0.29, 0.717) is 6.61 Å². The summed E-state index contributed by atoms with van der Waals surface area (Å²) in [6, 6.07) is 0. The SMILES string of the molecule is CCC=CCCO[C@@H](CO)C(O)CCCCCCCCCCCCCCCC. The van der Waals surface area contributed by atoms with Crippen LogP contribution in [0, 0.1) is 0 Å². The largest absolute Gasteiger partial charge is 0.394 e. The highest BCUT2D eigenvalue weighted by atomic mass is 16.5. The Morgan fingerprint density at radius 3 is 1.68 bits per heavy atom. The van der Waals surface area contributed by atoms with Gasteiger partial charge in [-0.05, 0) is 19.3 Å². The van der Waals surface area contributed by atoms with E-state index in [2.05, 4.69) is 26.0 Å². The zero-order chi connectivity index (χ0) is 20.7. The van der Waals surface area contributed by atoms with E-state index in [1.54, 1.807) is 0 Å². The Kier molecular flexibility index (Phi) is 22.6. The van der Waals surface area contributed by atoms with Gasteiger partial charge in [0.15, 0.2) is 0 Å². The van der Waals surface area contributed by atoms with Crippen LogP contribution in [0.15, 0.2) is 12.2 Å². The lowest BCUT2D eigenvalue weighted by Crippen LogP contribution is -2.32. The number of aliphatic hydroxyl groups is 2. The van der Waals surface area contributed by atoms with Crippen molar-refractivity contribution in [2.24, 2.45) is 0 Å². The molecule has 168 valence electrons. The topological polar surface area (TPSA) is 49.7 Å². The molecule has 0 aromatic rings. The first kappa shape index (κ1) is 27.6. The maximum atomic E-state index is 10.2. The fourth-order valence-electron chi connectivity index (χ4n) is 3.59. The lowest BCUT2D eigenvalue weighted by Gasteiger charge is -2.21. The summed E-state index contributed by atoms with van der Waals surface area (Å²) in [5, 5.41) is 19.6. The van der Waals surface area contributed by atoms with Crippen molar-refractivity contribution >= 4 is 0 Å². The third-order valence-electron chi connectivity index (χ3n) is 5.48. The van der Waals surface area contributed by atoms with Crippen molar-refractivity contribution in [3.63, 3.8) is 0 Å². The molecule has 0 aromatic heterocycles. The molecule has 0 saturated carbocycles. The van der Waals surface area contributed by atoms with E-state index in [-0.39, 0.29) is 6.61 Å². The lowest BCUT2D eigenvalue weighted by atomic mass is 10.0. The molecule has 0 rings (SSSR count). The molecule has 0 fully saturated rings. The molecule has 3 nitrogen and oxygen atoms in total. The molecular weight excluding hydrogens is 348 g/mol. The minimum Gasteiger partial charge on any atom is -0.394 e. The van der Waals surface area contributed by atoms with E-state index in [1.165, 1.54) is 83.5 Å². The Hall–Kier alpha value is -0.380. The maximum Gasteiger partial charge on any atom is 0.106 e. The highest BCUT2D eigenvalue weighted by molar-refractivity contribution is 4.80. The van der Waals surface area contributed by atoms with E-state index in [1.807, 2.05) is 0 Å². The van der Waals surface area contributed by atoms with Gasteiger partial charge in [-0.25, -0.2) is 0 Å². The summed E-state index contributed by atoms with van der Waals surface area (Å²) in [6.07, 6.45) is 24.6. The van der Waals surface area contributed by atoms with Crippen molar-refractivity contribution in [1.82, 2.24) is 0 Å². The van der Waals surface area contributed by atoms with Gasteiger partial charge >= 0.3 is 0 Å². The standard InChI is InChI=1S/C25H50O3/c1-3-5-7-9-10-11-12-13-14-15-16-17-18-19-21-24(27)25(23-26)28-22-20-8-6-4-2/h6,8,24-27H,3-5,7,9-23H2,1-2H3/t24?,25-/m0/s1. The minimum atomic E-state index is -0.544. The third kappa shape index (κ3) is 19.0. The van der Waals surface area contributed by atoms with Crippen molar-refractivity contribution < 1.29 is 14.9 Å². The van der Waals surface area contributed by atoms with Gasteiger partial charge in [-0.1, -0.05) is 116 Å². The molecule has 2 atom stereocenters. The predicted octanol–water partition coefficient (Wildman–Crippen LogP) is 6.95. The van der Waals surface area contributed by atoms with Gasteiger partial charge in [0.1, 0.15) is 6.10 Å². The molecule has 0 aliphatic rings. The lowest BCUT2D eigenvalue weighted by molar-refractivity contribution is -0.0648. The summed E-state index contributed by atoms with van der Waals surface area (Å²) < 4.78 is 5.62. The molecule has 3 heteroatoms. The Morgan fingerprint density at radius 2 is 1.21 bits per heavy atom. The normalized spacial score (nSPS) is 14.0. The monoisotopic (exact) mass is 398 g/mol. The number of rotatable bonds is 22. The Labute approximate surface area is 176 Å². The Bertz CT molecular complexity index is 317.